The summed E-state index contributed by atoms with van der Waals surface area (Å²) in [5, 5.41) is -0.138. The van der Waals surface area contributed by atoms with Gasteiger partial charge in [0.2, 0.25) is 0 Å². The quantitative estimate of drug-likeness (QED) is 0.556. The molecule has 0 spiro atoms. The molecule has 0 aliphatic carbocycles. The highest BCUT2D eigenvalue weighted by atomic mass is 79.9. The molecular formula is C6H5BrClFN2. The molecule has 0 aromatic carbocycles. The Kier molecular flexibility index (Phi) is 2.78. The zero-order chi connectivity index (χ0) is 8.43. The minimum absolute atomic E-state index is 0.138. The minimum atomic E-state index is -0.557. The van der Waals surface area contributed by atoms with Gasteiger partial charge >= 0.3 is 0 Å². The van der Waals surface area contributed by atoms with Crippen molar-refractivity contribution in [1.82, 2.24) is 9.97 Å². The molecule has 2 nitrogen and oxygen atoms in total. The molecule has 0 radical (unpaired) electrons. The van der Waals surface area contributed by atoms with Gasteiger partial charge in [0.1, 0.15) is 6.33 Å². The second-order valence-corrected chi connectivity index (χ2v) is 3.71. The summed E-state index contributed by atoms with van der Waals surface area (Å²) < 4.78 is 13.0. The summed E-state index contributed by atoms with van der Waals surface area (Å²) in [5.74, 6) is -0.557. The predicted octanol–water partition coefficient (Wildman–Crippen LogP) is 2.73. The van der Waals surface area contributed by atoms with Crippen LogP contribution in [0.4, 0.5) is 4.39 Å². The van der Waals surface area contributed by atoms with Crippen LogP contribution in [0.5, 0.6) is 0 Å². The first-order valence-corrected chi connectivity index (χ1v) is 4.22. The van der Waals surface area contributed by atoms with Crippen molar-refractivity contribution in [3.05, 3.63) is 23.0 Å². The molecule has 0 aliphatic heterocycles. The lowest BCUT2D eigenvalue weighted by Gasteiger charge is -2.02. The van der Waals surface area contributed by atoms with E-state index in [2.05, 4.69) is 25.9 Å². The first-order valence-electron chi connectivity index (χ1n) is 2.93. The second kappa shape index (κ2) is 3.45. The number of hydrogen-bond acceptors (Lipinski definition) is 2. The fraction of sp³-hybridized carbons (Fsp3) is 0.333. The number of alkyl halides is 1. The highest BCUT2D eigenvalue weighted by molar-refractivity contribution is 9.09. The zero-order valence-corrected chi connectivity index (χ0v) is 8.02. The maximum atomic E-state index is 13.0. The van der Waals surface area contributed by atoms with Gasteiger partial charge in [-0.05, 0) is 6.92 Å². The smallest absolute Gasteiger partial charge is 0.183 e. The molecule has 1 atom stereocenters. The lowest BCUT2D eigenvalue weighted by atomic mass is 10.3. The highest BCUT2D eigenvalue weighted by Crippen LogP contribution is 2.24. The average Bonchev–Trinajstić information content (AvgIpc) is 1.94. The molecule has 0 aliphatic rings. The Morgan fingerprint density at radius 3 is 2.73 bits per heavy atom. The number of nitrogens with zero attached hydrogens (tertiary/aromatic N) is 2. The molecule has 1 aromatic rings. The molecule has 0 bridgehead atoms. The monoisotopic (exact) mass is 238 g/mol. The Morgan fingerprint density at radius 2 is 2.27 bits per heavy atom. The van der Waals surface area contributed by atoms with E-state index in [1.54, 1.807) is 6.92 Å². The van der Waals surface area contributed by atoms with Crippen LogP contribution in [0.3, 0.4) is 0 Å². The summed E-state index contributed by atoms with van der Waals surface area (Å²) in [5.41, 5.74) is 0.282. The van der Waals surface area contributed by atoms with Crippen LogP contribution < -0.4 is 0 Å². The Balaban J connectivity index is 3.17. The Bertz CT molecular complexity index is 267. The van der Waals surface area contributed by atoms with Crippen LogP contribution in [0.25, 0.3) is 0 Å². The van der Waals surface area contributed by atoms with Crippen molar-refractivity contribution in [2.45, 2.75) is 11.8 Å². The minimum Gasteiger partial charge on any atom is -0.237 e. The van der Waals surface area contributed by atoms with Crippen molar-refractivity contribution in [2.24, 2.45) is 0 Å². The fourth-order valence-corrected chi connectivity index (χ4v) is 1.10. The number of rotatable bonds is 1. The fourth-order valence-electron chi connectivity index (χ4n) is 0.638. The van der Waals surface area contributed by atoms with Crippen molar-refractivity contribution in [2.75, 3.05) is 0 Å². The molecule has 0 N–H and O–H groups in total. The number of aromatic nitrogens is 2. The largest absolute Gasteiger partial charge is 0.237 e. The van der Waals surface area contributed by atoms with Crippen LogP contribution in [-0.4, -0.2) is 9.97 Å². The van der Waals surface area contributed by atoms with E-state index in [4.69, 9.17) is 11.6 Å². The van der Waals surface area contributed by atoms with Gasteiger partial charge in [-0.25, -0.2) is 14.4 Å². The molecule has 1 aromatic heterocycles. The molecule has 0 saturated carbocycles. The Hall–Kier alpha value is -0.220. The molecular weight excluding hydrogens is 234 g/mol. The van der Waals surface area contributed by atoms with Crippen LogP contribution in [0, 0.1) is 5.82 Å². The third kappa shape index (κ3) is 1.87. The molecule has 1 heterocycles. The number of hydrogen-bond donors (Lipinski definition) is 0. The van der Waals surface area contributed by atoms with Gasteiger partial charge in [0.15, 0.2) is 11.0 Å². The van der Waals surface area contributed by atoms with E-state index in [0.29, 0.717) is 0 Å². The molecule has 0 amide bonds. The molecule has 11 heavy (non-hydrogen) atoms. The van der Waals surface area contributed by atoms with Gasteiger partial charge in [-0.3, -0.25) is 0 Å². The van der Waals surface area contributed by atoms with Crippen LogP contribution in [-0.2, 0) is 0 Å². The summed E-state index contributed by atoms with van der Waals surface area (Å²) >= 11 is 8.59. The van der Waals surface area contributed by atoms with Gasteiger partial charge in [0.25, 0.3) is 0 Å². The van der Waals surface area contributed by atoms with Gasteiger partial charge in [-0.15, -0.1) is 0 Å². The lowest BCUT2D eigenvalue weighted by Crippen LogP contribution is -1.97. The van der Waals surface area contributed by atoms with E-state index in [0.717, 1.165) is 0 Å². The summed E-state index contributed by atoms with van der Waals surface area (Å²) in [6.45, 7) is 1.77. The van der Waals surface area contributed by atoms with Gasteiger partial charge < -0.3 is 0 Å². The molecule has 1 rings (SSSR count). The first-order chi connectivity index (χ1) is 5.13. The third-order valence-electron chi connectivity index (χ3n) is 1.15. The maximum Gasteiger partial charge on any atom is 0.183 e. The number of halogens is 3. The van der Waals surface area contributed by atoms with Gasteiger partial charge in [-0.1, -0.05) is 27.5 Å². The van der Waals surface area contributed by atoms with Crippen molar-refractivity contribution >= 4 is 27.5 Å². The summed E-state index contributed by atoms with van der Waals surface area (Å²) in [6.07, 6.45) is 1.23. The van der Waals surface area contributed by atoms with Crippen LogP contribution in [0.2, 0.25) is 5.15 Å². The van der Waals surface area contributed by atoms with Crippen molar-refractivity contribution in [3.8, 4) is 0 Å². The summed E-state index contributed by atoms with van der Waals surface area (Å²) in [7, 11) is 0. The van der Waals surface area contributed by atoms with E-state index < -0.39 is 5.82 Å². The third-order valence-corrected chi connectivity index (χ3v) is 1.85. The Labute approximate surface area is 76.9 Å². The van der Waals surface area contributed by atoms with Crippen molar-refractivity contribution < 1.29 is 4.39 Å². The van der Waals surface area contributed by atoms with Crippen LogP contribution >= 0.6 is 27.5 Å². The van der Waals surface area contributed by atoms with Crippen LogP contribution in [0.1, 0.15) is 17.4 Å². The molecule has 0 unspecified atom stereocenters. The van der Waals surface area contributed by atoms with Gasteiger partial charge in [0.05, 0.1) is 10.5 Å². The molecule has 5 heteroatoms. The molecule has 0 saturated heterocycles. The summed E-state index contributed by atoms with van der Waals surface area (Å²) in [4.78, 5) is 7.05. The van der Waals surface area contributed by atoms with Crippen LogP contribution in [0.15, 0.2) is 6.33 Å². The van der Waals surface area contributed by atoms with E-state index in [-0.39, 0.29) is 15.7 Å². The van der Waals surface area contributed by atoms with E-state index in [1.807, 2.05) is 0 Å². The zero-order valence-electron chi connectivity index (χ0n) is 5.68. The standard InChI is InChI=1S/C6H5BrClFN2/c1-3(7)5-4(9)6(8)11-2-10-5/h2-3H,1H3/t3-/m0/s1. The normalized spacial score (nSPS) is 13.1. The topological polar surface area (TPSA) is 25.8 Å². The highest BCUT2D eigenvalue weighted by Gasteiger charge is 2.12. The van der Waals surface area contributed by atoms with Gasteiger partial charge in [0, 0.05) is 0 Å². The molecule has 0 fully saturated rings. The van der Waals surface area contributed by atoms with Gasteiger partial charge in [-0.2, -0.15) is 0 Å². The van der Waals surface area contributed by atoms with E-state index in [9.17, 15) is 4.39 Å². The first kappa shape index (κ1) is 8.87. The molecule has 60 valence electrons. The average molecular weight is 239 g/mol. The van der Waals surface area contributed by atoms with Crippen molar-refractivity contribution in [3.63, 3.8) is 0 Å². The maximum absolute atomic E-state index is 13.0. The van der Waals surface area contributed by atoms with E-state index >= 15 is 0 Å². The van der Waals surface area contributed by atoms with Crippen molar-refractivity contribution in [1.29, 1.82) is 0 Å². The second-order valence-electron chi connectivity index (χ2n) is 1.98. The summed E-state index contributed by atoms with van der Waals surface area (Å²) in [6, 6.07) is 0. The SMILES string of the molecule is C[C@H](Br)c1ncnc(Cl)c1F. The van der Waals surface area contributed by atoms with E-state index in [1.165, 1.54) is 6.33 Å². The Morgan fingerprint density at radius 1 is 1.64 bits per heavy atom. The lowest BCUT2D eigenvalue weighted by molar-refractivity contribution is 0.593. The predicted molar refractivity (Wildman–Crippen MR) is 44.3 cm³/mol.